The molecule has 2 aromatic rings. The van der Waals surface area contributed by atoms with Crippen molar-refractivity contribution in [2.45, 2.75) is 25.4 Å². The lowest BCUT2D eigenvalue weighted by atomic mass is 9.99. The van der Waals surface area contributed by atoms with Crippen molar-refractivity contribution in [3.63, 3.8) is 0 Å². The van der Waals surface area contributed by atoms with E-state index in [1.807, 2.05) is 22.2 Å². The van der Waals surface area contributed by atoms with E-state index >= 15 is 0 Å². The van der Waals surface area contributed by atoms with E-state index in [4.69, 9.17) is 0 Å². The first-order valence-electron chi connectivity index (χ1n) is 6.78. The monoisotopic (exact) mass is 324 g/mol. The number of amides is 2. The SMILES string of the molecule is CC(CNC(=O)NCC(C)(O)c1ccsc1)c1ccsc1. The Labute approximate surface area is 132 Å². The summed E-state index contributed by atoms with van der Waals surface area (Å²) in [5, 5.41) is 23.8. The molecule has 6 heteroatoms. The molecule has 0 bridgehead atoms. The molecule has 0 fully saturated rings. The van der Waals surface area contributed by atoms with Gasteiger partial charge in [0.15, 0.2) is 0 Å². The molecule has 0 radical (unpaired) electrons. The summed E-state index contributed by atoms with van der Waals surface area (Å²) >= 11 is 3.18. The van der Waals surface area contributed by atoms with E-state index in [2.05, 4.69) is 29.0 Å². The van der Waals surface area contributed by atoms with Crippen molar-refractivity contribution in [1.29, 1.82) is 0 Å². The molecular formula is C15H20N2O2S2. The summed E-state index contributed by atoms with van der Waals surface area (Å²) in [5.74, 6) is 0.277. The maximum Gasteiger partial charge on any atom is 0.314 e. The van der Waals surface area contributed by atoms with E-state index in [9.17, 15) is 9.90 Å². The van der Waals surface area contributed by atoms with Gasteiger partial charge in [0.2, 0.25) is 0 Å². The van der Waals surface area contributed by atoms with Crippen LogP contribution in [0.3, 0.4) is 0 Å². The van der Waals surface area contributed by atoms with Gasteiger partial charge in [0.1, 0.15) is 5.60 Å². The highest BCUT2D eigenvalue weighted by Crippen LogP contribution is 2.22. The van der Waals surface area contributed by atoms with Crippen LogP contribution in [-0.4, -0.2) is 24.2 Å². The first-order valence-corrected chi connectivity index (χ1v) is 8.66. The molecule has 0 aliphatic rings. The molecule has 0 spiro atoms. The normalized spacial score (nSPS) is 15.2. The molecule has 0 saturated heterocycles. The second-order valence-corrected chi connectivity index (χ2v) is 6.87. The van der Waals surface area contributed by atoms with E-state index in [-0.39, 0.29) is 18.5 Å². The Morgan fingerprint density at radius 1 is 1.29 bits per heavy atom. The molecule has 2 rings (SSSR count). The second-order valence-electron chi connectivity index (χ2n) is 5.31. The summed E-state index contributed by atoms with van der Waals surface area (Å²) in [6, 6.07) is 3.67. The number of nitrogens with one attached hydrogen (secondary N) is 2. The van der Waals surface area contributed by atoms with Crippen LogP contribution in [0, 0.1) is 0 Å². The molecular weight excluding hydrogens is 304 g/mol. The van der Waals surface area contributed by atoms with Crippen molar-refractivity contribution in [2.75, 3.05) is 13.1 Å². The van der Waals surface area contributed by atoms with Gasteiger partial charge in [-0.15, -0.1) is 0 Å². The number of aliphatic hydroxyl groups is 1. The van der Waals surface area contributed by atoms with Crippen molar-refractivity contribution >= 4 is 28.7 Å². The average Bonchev–Trinajstić information content (AvgIpc) is 3.14. The molecule has 3 N–H and O–H groups in total. The average molecular weight is 324 g/mol. The number of thiophene rings is 2. The van der Waals surface area contributed by atoms with E-state index in [1.54, 1.807) is 18.3 Å². The van der Waals surface area contributed by atoms with Crippen molar-refractivity contribution in [2.24, 2.45) is 0 Å². The van der Waals surface area contributed by atoms with Crippen LogP contribution in [0.2, 0.25) is 0 Å². The molecule has 114 valence electrons. The Hall–Kier alpha value is -1.37. The third kappa shape index (κ3) is 4.56. The van der Waals surface area contributed by atoms with Crippen LogP contribution >= 0.6 is 22.7 Å². The third-order valence-corrected chi connectivity index (χ3v) is 4.80. The molecule has 0 aliphatic heterocycles. The van der Waals surface area contributed by atoms with E-state index < -0.39 is 5.60 Å². The highest BCUT2D eigenvalue weighted by atomic mass is 32.1. The van der Waals surface area contributed by atoms with Gasteiger partial charge in [-0.1, -0.05) is 6.92 Å². The number of rotatable bonds is 6. The van der Waals surface area contributed by atoms with Gasteiger partial charge in [-0.25, -0.2) is 4.79 Å². The van der Waals surface area contributed by atoms with E-state index in [0.717, 1.165) is 5.56 Å². The van der Waals surface area contributed by atoms with Crippen LogP contribution < -0.4 is 10.6 Å². The van der Waals surface area contributed by atoms with Crippen LogP contribution in [0.1, 0.15) is 30.9 Å². The molecule has 2 heterocycles. The van der Waals surface area contributed by atoms with Gasteiger partial charge >= 0.3 is 6.03 Å². The highest BCUT2D eigenvalue weighted by Gasteiger charge is 2.24. The largest absolute Gasteiger partial charge is 0.384 e. The Morgan fingerprint density at radius 2 is 2.00 bits per heavy atom. The van der Waals surface area contributed by atoms with Gasteiger partial charge in [-0.2, -0.15) is 22.7 Å². The number of urea groups is 1. The summed E-state index contributed by atoms with van der Waals surface area (Å²) < 4.78 is 0. The van der Waals surface area contributed by atoms with Gasteiger partial charge in [-0.3, -0.25) is 0 Å². The van der Waals surface area contributed by atoms with Gasteiger partial charge in [0.25, 0.3) is 0 Å². The van der Waals surface area contributed by atoms with Crippen molar-refractivity contribution in [3.8, 4) is 0 Å². The van der Waals surface area contributed by atoms with Gasteiger partial charge in [-0.05, 0) is 57.6 Å². The zero-order valence-corrected chi connectivity index (χ0v) is 13.8. The minimum Gasteiger partial charge on any atom is -0.384 e. The van der Waals surface area contributed by atoms with Crippen LogP contribution in [-0.2, 0) is 5.60 Å². The van der Waals surface area contributed by atoms with Crippen molar-refractivity contribution in [1.82, 2.24) is 10.6 Å². The number of hydrogen-bond donors (Lipinski definition) is 3. The Morgan fingerprint density at radius 3 is 2.62 bits per heavy atom. The van der Waals surface area contributed by atoms with Crippen LogP contribution in [0.15, 0.2) is 33.7 Å². The number of hydrogen-bond acceptors (Lipinski definition) is 4. The fourth-order valence-electron chi connectivity index (χ4n) is 1.91. The number of carbonyl (C=O) groups excluding carboxylic acids is 1. The first-order chi connectivity index (χ1) is 9.99. The first kappa shape index (κ1) is 16.0. The summed E-state index contributed by atoms with van der Waals surface area (Å²) in [4.78, 5) is 11.8. The summed E-state index contributed by atoms with van der Waals surface area (Å²) in [6.07, 6.45) is 0. The van der Waals surface area contributed by atoms with E-state index in [0.29, 0.717) is 6.54 Å². The predicted molar refractivity (Wildman–Crippen MR) is 88.0 cm³/mol. The van der Waals surface area contributed by atoms with Crippen LogP contribution in [0.4, 0.5) is 4.79 Å². The van der Waals surface area contributed by atoms with Crippen LogP contribution in [0.5, 0.6) is 0 Å². The summed E-state index contributed by atoms with van der Waals surface area (Å²) in [7, 11) is 0. The van der Waals surface area contributed by atoms with Crippen molar-refractivity contribution < 1.29 is 9.90 Å². The minimum absolute atomic E-state index is 0.183. The molecule has 0 saturated carbocycles. The van der Waals surface area contributed by atoms with Crippen LogP contribution in [0.25, 0.3) is 0 Å². The Kier molecular flexibility index (Phi) is 5.39. The topological polar surface area (TPSA) is 61.4 Å². The Bertz CT molecular complexity index is 550. The predicted octanol–water partition coefficient (Wildman–Crippen LogP) is 3.12. The summed E-state index contributed by atoms with van der Waals surface area (Å²) in [6.45, 7) is 4.53. The molecule has 2 atom stereocenters. The fourth-order valence-corrected chi connectivity index (χ4v) is 3.47. The van der Waals surface area contributed by atoms with Gasteiger partial charge < -0.3 is 15.7 Å². The zero-order chi connectivity index (χ0) is 15.3. The number of carbonyl (C=O) groups is 1. The lowest BCUT2D eigenvalue weighted by Gasteiger charge is -2.23. The standard InChI is InChI=1S/C15H20N2O2S2/c1-11(12-3-5-20-8-12)7-16-14(18)17-10-15(2,19)13-4-6-21-9-13/h3-6,8-9,11,19H,7,10H2,1-2H3,(H2,16,17,18). The molecule has 2 amide bonds. The van der Waals surface area contributed by atoms with Gasteiger partial charge in [0.05, 0.1) is 6.54 Å². The maximum absolute atomic E-state index is 11.8. The summed E-state index contributed by atoms with van der Waals surface area (Å²) in [5.41, 5.74) is 1.00. The Balaban J connectivity index is 1.75. The fraction of sp³-hybridized carbons (Fsp3) is 0.400. The molecule has 0 aliphatic carbocycles. The third-order valence-electron chi connectivity index (χ3n) is 3.42. The molecule has 0 aromatic carbocycles. The lowest BCUT2D eigenvalue weighted by molar-refractivity contribution is 0.0598. The quantitative estimate of drug-likeness (QED) is 0.764. The molecule has 21 heavy (non-hydrogen) atoms. The van der Waals surface area contributed by atoms with Crippen molar-refractivity contribution in [3.05, 3.63) is 44.8 Å². The smallest absolute Gasteiger partial charge is 0.314 e. The maximum atomic E-state index is 11.8. The zero-order valence-electron chi connectivity index (χ0n) is 12.1. The van der Waals surface area contributed by atoms with Gasteiger partial charge in [0, 0.05) is 6.54 Å². The second kappa shape index (κ2) is 7.06. The van der Waals surface area contributed by atoms with E-state index in [1.165, 1.54) is 16.9 Å². The molecule has 2 aromatic heterocycles. The highest BCUT2D eigenvalue weighted by molar-refractivity contribution is 7.08. The lowest BCUT2D eigenvalue weighted by Crippen LogP contribution is -2.44. The minimum atomic E-state index is -1.05. The molecule has 4 nitrogen and oxygen atoms in total. The molecule has 2 unspecified atom stereocenters.